The van der Waals surface area contributed by atoms with E-state index < -0.39 is 0 Å². The fourth-order valence-corrected chi connectivity index (χ4v) is 1.59. The van der Waals surface area contributed by atoms with E-state index in [4.69, 9.17) is 0 Å². The second-order valence-electron chi connectivity index (χ2n) is 3.26. The van der Waals surface area contributed by atoms with Crippen LogP contribution in [0.25, 0.3) is 0 Å². The summed E-state index contributed by atoms with van der Waals surface area (Å²) >= 11 is 0. The molecule has 13 heavy (non-hydrogen) atoms. The molecule has 1 fully saturated rings. The molecule has 0 aliphatic carbocycles. The van der Waals surface area contributed by atoms with E-state index in [1.807, 2.05) is 13.8 Å². The maximum atomic E-state index is 2.59. The molecule has 1 aliphatic heterocycles. The van der Waals surface area contributed by atoms with Crippen LogP contribution in [0.2, 0.25) is 0 Å². The van der Waals surface area contributed by atoms with E-state index in [2.05, 4.69) is 11.8 Å². The fraction of sp³-hybridized carbons (Fsp3) is 1.00. The van der Waals surface area contributed by atoms with Gasteiger partial charge in [-0.25, -0.2) is 0 Å². The first kappa shape index (κ1) is 15.4. The summed E-state index contributed by atoms with van der Waals surface area (Å²) in [5, 5.41) is 0. The van der Waals surface area contributed by atoms with Crippen molar-refractivity contribution in [1.82, 2.24) is 4.90 Å². The highest BCUT2D eigenvalue weighted by atomic mass is 15.1. The Morgan fingerprint density at radius 3 is 2.00 bits per heavy atom. The smallest absolute Gasteiger partial charge is 0.00183 e. The van der Waals surface area contributed by atoms with Gasteiger partial charge in [-0.3, -0.25) is 0 Å². The standard InChI is InChI=1S/C9H19N.C2H6.CH4/c1-2-3-4-7-10-8-5-6-9-10;1-2;/h2-9H2,1H3;1-2H3;1H4. The molecule has 82 valence electrons. The minimum atomic E-state index is 0. The molecule has 0 aromatic carbocycles. The van der Waals surface area contributed by atoms with Gasteiger partial charge in [0.25, 0.3) is 0 Å². The number of nitrogens with zero attached hydrogens (tertiary/aromatic N) is 1. The Balaban J connectivity index is 0. The molecule has 0 unspecified atom stereocenters. The summed E-state index contributed by atoms with van der Waals surface area (Å²) in [5.74, 6) is 0. The van der Waals surface area contributed by atoms with Crippen molar-refractivity contribution in [2.24, 2.45) is 0 Å². The van der Waals surface area contributed by atoms with Crippen molar-refractivity contribution in [3.05, 3.63) is 0 Å². The lowest BCUT2D eigenvalue weighted by Crippen LogP contribution is -2.20. The summed E-state index contributed by atoms with van der Waals surface area (Å²) in [4.78, 5) is 2.59. The zero-order valence-corrected chi connectivity index (χ0v) is 9.10. The number of hydrogen-bond donors (Lipinski definition) is 0. The minimum Gasteiger partial charge on any atom is -0.303 e. The molecule has 1 rings (SSSR count). The van der Waals surface area contributed by atoms with Crippen LogP contribution in [0, 0.1) is 0 Å². The summed E-state index contributed by atoms with van der Waals surface area (Å²) < 4.78 is 0. The molecular weight excluding hydrogens is 158 g/mol. The lowest BCUT2D eigenvalue weighted by molar-refractivity contribution is 0.329. The molecule has 0 saturated carbocycles. The molecule has 1 saturated heterocycles. The van der Waals surface area contributed by atoms with Gasteiger partial charge < -0.3 is 4.90 Å². The van der Waals surface area contributed by atoms with Crippen LogP contribution in [-0.4, -0.2) is 24.5 Å². The summed E-state index contributed by atoms with van der Waals surface area (Å²) in [6.45, 7) is 10.4. The average Bonchev–Trinajstić information content (AvgIpc) is 2.61. The van der Waals surface area contributed by atoms with Gasteiger partial charge in [0.05, 0.1) is 0 Å². The van der Waals surface area contributed by atoms with Crippen LogP contribution in [0.15, 0.2) is 0 Å². The molecule has 0 amide bonds. The first-order chi connectivity index (χ1) is 5.93. The molecule has 1 aliphatic rings. The van der Waals surface area contributed by atoms with Gasteiger partial charge >= 0.3 is 0 Å². The third-order valence-corrected chi connectivity index (χ3v) is 2.28. The third-order valence-electron chi connectivity index (χ3n) is 2.28. The predicted octanol–water partition coefficient (Wildman–Crippen LogP) is 3.93. The second kappa shape index (κ2) is 12.0. The van der Waals surface area contributed by atoms with Crippen molar-refractivity contribution in [2.45, 2.75) is 60.3 Å². The predicted molar refractivity (Wildman–Crippen MR) is 63.3 cm³/mol. The van der Waals surface area contributed by atoms with E-state index >= 15 is 0 Å². The van der Waals surface area contributed by atoms with Gasteiger partial charge in [0.2, 0.25) is 0 Å². The normalized spacial score (nSPS) is 15.9. The number of rotatable bonds is 4. The summed E-state index contributed by atoms with van der Waals surface area (Å²) in [6, 6.07) is 0. The van der Waals surface area contributed by atoms with E-state index in [9.17, 15) is 0 Å². The van der Waals surface area contributed by atoms with Gasteiger partial charge in [-0.15, -0.1) is 0 Å². The molecule has 0 aromatic rings. The van der Waals surface area contributed by atoms with Gasteiger partial charge in [-0.05, 0) is 38.9 Å². The minimum absolute atomic E-state index is 0. The first-order valence-corrected chi connectivity index (χ1v) is 5.66. The number of hydrogen-bond acceptors (Lipinski definition) is 1. The topological polar surface area (TPSA) is 3.24 Å². The van der Waals surface area contributed by atoms with E-state index in [-0.39, 0.29) is 7.43 Å². The van der Waals surface area contributed by atoms with E-state index in [1.54, 1.807) is 0 Å². The average molecular weight is 187 g/mol. The number of likely N-dealkylation sites (tertiary alicyclic amines) is 1. The van der Waals surface area contributed by atoms with Gasteiger partial charge in [0.15, 0.2) is 0 Å². The van der Waals surface area contributed by atoms with E-state index in [1.165, 1.54) is 51.7 Å². The van der Waals surface area contributed by atoms with Crippen LogP contribution < -0.4 is 0 Å². The zero-order chi connectivity index (χ0) is 9.23. The SMILES string of the molecule is C.CC.CCCCCN1CCCC1. The molecule has 0 aromatic heterocycles. The summed E-state index contributed by atoms with van der Waals surface area (Å²) in [5.41, 5.74) is 0. The maximum absolute atomic E-state index is 2.59. The Labute approximate surface area is 85.5 Å². The lowest BCUT2D eigenvalue weighted by Gasteiger charge is -2.12. The van der Waals surface area contributed by atoms with E-state index in [0.717, 1.165) is 0 Å². The van der Waals surface area contributed by atoms with Crippen molar-refractivity contribution in [1.29, 1.82) is 0 Å². The summed E-state index contributed by atoms with van der Waals surface area (Å²) in [7, 11) is 0. The van der Waals surface area contributed by atoms with Crippen molar-refractivity contribution >= 4 is 0 Å². The molecule has 0 radical (unpaired) electrons. The highest BCUT2D eigenvalue weighted by Gasteiger charge is 2.09. The molecule has 0 N–H and O–H groups in total. The first-order valence-electron chi connectivity index (χ1n) is 5.66. The molecule has 1 nitrogen and oxygen atoms in total. The van der Waals surface area contributed by atoms with Crippen molar-refractivity contribution in [2.75, 3.05) is 19.6 Å². The van der Waals surface area contributed by atoms with Crippen LogP contribution in [-0.2, 0) is 0 Å². The van der Waals surface area contributed by atoms with Crippen LogP contribution in [0.3, 0.4) is 0 Å². The second-order valence-corrected chi connectivity index (χ2v) is 3.26. The quantitative estimate of drug-likeness (QED) is 0.603. The third kappa shape index (κ3) is 8.29. The van der Waals surface area contributed by atoms with Crippen LogP contribution >= 0.6 is 0 Å². The largest absolute Gasteiger partial charge is 0.303 e. The van der Waals surface area contributed by atoms with Gasteiger partial charge in [-0.2, -0.15) is 0 Å². The maximum Gasteiger partial charge on any atom is -0.00183 e. The summed E-state index contributed by atoms with van der Waals surface area (Å²) in [6.07, 6.45) is 7.05. The molecule has 0 bridgehead atoms. The van der Waals surface area contributed by atoms with Crippen molar-refractivity contribution < 1.29 is 0 Å². The highest BCUT2D eigenvalue weighted by Crippen LogP contribution is 2.08. The Kier molecular flexibility index (Phi) is 14.2. The molecule has 1 heterocycles. The Hall–Kier alpha value is -0.0400. The highest BCUT2D eigenvalue weighted by molar-refractivity contribution is 4.65. The zero-order valence-electron chi connectivity index (χ0n) is 9.10. The van der Waals surface area contributed by atoms with Gasteiger partial charge in [0.1, 0.15) is 0 Å². The van der Waals surface area contributed by atoms with Gasteiger partial charge in [-0.1, -0.05) is 41.0 Å². The lowest BCUT2D eigenvalue weighted by atomic mass is 10.2. The Morgan fingerprint density at radius 2 is 1.54 bits per heavy atom. The monoisotopic (exact) mass is 187 g/mol. The van der Waals surface area contributed by atoms with Crippen LogP contribution in [0.4, 0.5) is 0 Å². The molecule has 1 heteroatoms. The van der Waals surface area contributed by atoms with E-state index in [0.29, 0.717) is 0 Å². The Morgan fingerprint density at radius 1 is 1.00 bits per heavy atom. The fourth-order valence-electron chi connectivity index (χ4n) is 1.59. The molecule has 0 atom stereocenters. The van der Waals surface area contributed by atoms with Crippen molar-refractivity contribution in [3.63, 3.8) is 0 Å². The number of unbranched alkanes of at least 4 members (excludes halogenated alkanes) is 2. The van der Waals surface area contributed by atoms with Crippen LogP contribution in [0.5, 0.6) is 0 Å². The van der Waals surface area contributed by atoms with Crippen molar-refractivity contribution in [3.8, 4) is 0 Å². The van der Waals surface area contributed by atoms with Gasteiger partial charge in [0, 0.05) is 0 Å². The molecular formula is C12H29N. The Bertz CT molecular complexity index is 75.2. The molecule has 0 spiro atoms. The van der Waals surface area contributed by atoms with Crippen LogP contribution in [0.1, 0.15) is 60.3 Å².